The van der Waals surface area contributed by atoms with Crippen molar-refractivity contribution >= 4 is 33.2 Å². The first-order chi connectivity index (χ1) is 8.42. The maximum Gasteiger partial charge on any atom is 0.242 e. The number of halogens is 2. The zero-order chi connectivity index (χ0) is 13.8. The Morgan fingerprint density at radius 2 is 2.00 bits per heavy atom. The van der Waals surface area contributed by atoms with Crippen molar-refractivity contribution in [2.45, 2.75) is 11.3 Å². The molecular formula is C10H14Cl2N2O3S. The van der Waals surface area contributed by atoms with E-state index in [0.29, 0.717) is 18.7 Å². The molecule has 1 aromatic rings. The Hall–Kier alpha value is -0.530. The predicted octanol–water partition coefficient (Wildman–Crippen LogP) is 1.63. The molecule has 3 N–H and O–H groups in total. The molecule has 8 heteroatoms. The van der Waals surface area contributed by atoms with Crippen LogP contribution in [-0.4, -0.2) is 28.6 Å². The summed E-state index contributed by atoms with van der Waals surface area (Å²) in [6.45, 7) is 0.651. The third-order valence-corrected chi connectivity index (χ3v) is 4.39. The van der Waals surface area contributed by atoms with Crippen LogP contribution >= 0.6 is 23.2 Å². The Balaban J connectivity index is 3.05. The average molecular weight is 313 g/mol. The van der Waals surface area contributed by atoms with E-state index < -0.39 is 10.0 Å². The molecule has 0 bridgehead atoms. The quantitative estimate of drug-likeness (QED) is 0.782. The summed E-state index contributed by atoms with van der Waals surface area (Å²) in [6.07, 6.45) is 0.542. The fraction of sp³-hybridized carbons (Fsp3) is 0.400. The zero-order valence-electron chi connectivity index (χ0n) is 9.74. The summed E-state index contributed by atoms with van der Waals surface area (Å²) in [6, 6.07) is 2.62. The molecule has 0 fully saturated rings. The molecule has 0 spiro atoms. The number of benzene rings is 1. The van der Waals surface area contributed by atoms with Gasteiger partial charge in [-0.2, -0.15) is 0 Å². The molecule has 1 aromatic carbocycles. The highest BCUT2D eigenvalue weighted by Crippen LogP contribution is 2.33. The molecular weight excluding hydrogens is 299 g/mol. The third-order valence-electron chi connectivity index (χ3n) is 2.17. The van der Waals surface area contributed by atoms with Crippen molar-refractivity contribution < 1.29 is 13.2 Å². The number of nitrogens with one attached hydrogen (secondary N) is 1. The topological polar surface area (TPSA) is 81.4 Å². The second kappa shape index (κ2) is 6.58. The molecule has 5 nitrogen and oxygen atoms in total. The number of methoxy groups -OCH3 is 1. The second-order valence-electron chi connectivity index (χ2n) is 3.46. The van der Waals surface area contributed by atoms with Gasteiger partial charge in [0.15, 0.2) is 0 Å². The van der Waals surface area contributed by atoms with Crippen molar-refractivity contribution in [2.24, 2.45) is 5.73 Å². The standard InChI is InChI=1S/C10H14Cl2N2O3S/c1-17-9-5-8(12)10(6-7(9)11)18(15,16)14-4-2-3-13/h5-6,14H,2-4,13H2,1H3. The molecule has 0 aliphatic rings. The van der Waals surface area contributed by atoms with Gasteiger partial charge in [-0.1, -0.05) is 23.2 Å². The van der Waals surface area contributed by atoms with Gasteiger partial charge in [0, 0.05) is 12.6 Å². The van der Waals surface area contributed by atoms with E-state index in [1.807, 2.05) is 0 Å². The molecule has 18 heavy (non-hydrogen) atoms. The van der Waals surface area contributed by atoms with E-state index in [9.17, 15) is 8.42 Å². The normalized spacial score (nSPS) is 11.6. The van der Waals surface area contributed by atoms with Gasteiger partial charge in [0.25, 0.3) is 0 Å². The van der Waals surface area contributed by atoms with Crippen molar-refractivity contribution in [1.82, 2.24) is 4.72 Å². The van der Waals surface area contributed by atoms with Gasteiger partial charge in [0.05, 0.1) is 17.2 Å². The largest absolute Gasteiger partial charge is 0.495 e. The number of ether oxygens (including phenoxy) is 1. The SMILES string of the molecule is COc1cc(Cl)c(S(=O)(=O)NCCCN)cc1Cl. The van der Waals surface area contributed by atoms with Gasteiger partial charge in [0.2, 0.25) is 10.0 Å². The summed E-state index contributed by atoms with van der Waals surface area (Å²) in [7, 11) is -2.27. The molecule has 0 heterocycles. The second-order valence-corrected chi connectivity index (χ2v) is 6.01. The molecule has 0 atom stereocenters. The van der Waals surface area contributed by atoms with Gasteiger partial charge in [-0.05, 0) is 19.0 Å². The smallest absolute Gasteiger partial charge is 0.242 e. The molecule has 102 valence electrons. The fourth-order valence-corrected chi connectivity index (χ4v) is 3.18. The number of nitrogens with two attached hydrogens (primary N) is 1. The third kappa shape index (κ3) is 3.73. The number of hydrogen-bond donors (Lipinski definition) is 2. The van der Waals surface area contributed by atoms with Crippen LogP contribution < -0.4 is 15.2 Å². The Morgan fingerprint density at radius 3 is 2.56 bits per heavy atom. The Morgan fingerprint density at radius 1 is 1.33 bits per heavy atom. The summed E-state index contributed by atoms with van der Waals surface area (Å²) in [5.41, 5.74) is 5.29. The van der Waals surface area contributed by atoms with E-state index in [-0.39, 0.29) is 21.5 Å². The van der Waals surface area contributed by atoms with Crippen LogP contribution in [0.4, 0.5) is 0 Å². The molecule has 0 aliphatic carbocycles. The van der Waals surface area contributed by atoms with E-state index in [4.69, 9.17) is 33.7 Å². The summed E-state index contributed by atoms with van der Waals surface area (Å²) < 4.78 is 31.2. The maximum atomic E-state index is 11.9. The van der Waals surface area contributed by atoms with E-state index in [2.05, 4.69) is 4.72 Å². The number of hydrogen-bond acceptors (Lipinski definition) is 4. The first-order valence-electron chi connectivity index (χ1n) is 5.15. The lowest BCUT2D eigenvalue weighted by molar-refractivity contribution is 0.414. The molecule has 1 rings (SSSR count). The van der Waals surface area contributed by atoms with Crippen LogP contribution in [0, 0.1) is 0 Å². The van der Waals surface area contributed by atoms with Crippen LogP contribution in [0.5, 0.6) is 5.75 Å². The monoisotopic (exact) mass is 312 g/mol. The summed E-state index contributed by atoms with van der Waals surface area (Å²) in [5, 5.41) is 0.234. The highest BCUT2D eigenvalue weighted by Gasteiger charge is 2.19. The highest BCUT2D eigenvalue weighted by atomic mass is 35.5. The summed E-state index contributed by atoms with van der Waals surface area (Å²) in [4.78, 5) is -0.0769. The predicted molar refractivity (Wildman–Crippen MR) is 71.9 cm³/mol. The number of sulfonamides is 1. The Kier molecular flexibility index (Phi) is 5.68. The minimum atomic E-state index is -3.69. The molecule has 0 saturated carbocycles. The summed E-state index contributed by atoms with van der Waals surface area (Å²) >= 11 is 11.8. The van der Waals surface area contributed by atoms with Crippen LogP contribution in [0.2, 0.25) is 10.0 Å². The van der Waals surface area contributed by atoms with Crippen LogP contribution in [0.25, 0.3) is 0 Å². The Labute approximate surface area is 116 Å². The Bertz CT molecular complexity index is 520. The summed E-state index contributed by atoms with van der Waals surface area (Å²) in [5.74, 6) is 0.322. The van der Waals surface area contributed by atoms with Gasteiger partial charge < -0.3 is 10.5 Å². The molecule has 0 aliphatic heterocycles. The molecule has 0 radical (unpaired) electrons. The van der Waals surface area contributed by atoms with Gasteiger partial charge >= 0.3 is 0 Å². The molecule has 0 saturated heterocycles. The van der Waals surface area contributed by atoms with Crippen LogP contribution in [0.1, 0.15) is 6.42 Å². The first kappa shape index (κ1) is 15.5. The van der Waals surface area contributed by atoms with Gasteiger partial charge in [-0.3, -0.25) is 0 Å². The van der Waals surface area contributed by atoms with E-state index in [1.165, 1.54) is 19.2 Å². The van der Waals surface area contributed by atoms with Crippen molar-refractivity contribution in [1.29, 1.82) is 0 Å². The van der Waals surface area contributed by atoms with Crippen molar-refractivity contribution in [3.05, 3.63) is 22.2 Å². The van der Waals surface area contributed by atoms with E-state index in [1.54, 1.807) is 0 Å². The molecule has 0 amide bonds. The van der Waals surface area contributed by atoms with Gasteiger partial charge in [0.1, 0.15) is 10.6 Å². The number of rotatable bonds is 6. The lowest BCUT2D eigenvalue weighted by atomic mass is 10.3. The van der Waals surface area contributed by atoms with Crippen LogP contribution in [0.3, 0.4) is 0 Å². The van der Waals surface area contributed by atoms with Gasteiger partial charge in [-0.15, -0.1) is 0 Å². The lowest BCUT2D eigenvalue weighted by Gasteiger charge is -2.10. The zero-order valence-corrected chi connectivity index (χ0v) is 12.1. The fourth-order valence-electron chi connectivity index (χ4n) is 1.26. The minimum Gasteiger partial charge on any atom is -0.495 e. The van der Waals surface area contributed by atoms with Crippen molar-refractivity contribution in [2.75, 3.05) is 20.2 Å². The lowest BCUT2D eigenvalue weighted by Crippen LogP contribution is -2.26. The molecule has 0 unspecified atom stereocenters. The van der Waals surface area contributed by atoms with E-state index >= 15 is 0 Å². The first-order valence-corrected chi connectivity index (χ1v) is 7.39. The van der Waals surface area contributed by atoms with Crippen LogP contribution in [-0.2, 0) is 10.0 Å². The van der Waals surface area contributed by atoms with Crippen LogP contribution in [0.15, 0.2) is 17.0 Å². The maximum absolute atomic E-state index is 11.9. The highest BCUT2D eigenvalue weighted by molar-refractivity contribution is 7.89. The van der Waals surface area contributed by atoms with Crippen molar-refractivity contribution in [3.63, 3.8) is 0 Å². The van der Waals surface area contributed by atoms with Gasteiger partial charge in [-0.25, -0.2) is 13.1 Å². The average Bonchev–Trinajstić information content (AvgIpc) is 2.31. The molecule has 0 aromatic heterocycles. The minimum absolute atomic E-state index is 0.0523. The van der Waals surface area contributed by atoms with Crippen molar-refractivity contribution in [3.8, 4) is 5.75 Å². The van der Waals surface area contributed by atoms with E-state index in [0.717, 1.165) is 0 Å².